The molecule has 1 rings (SSSR count). The predicted octanol–water partition coefficient (Wildman–Crippen LogP) is -0.353. The zero-order chi connectivity index (χ0) is 9.84. The van der Waals surface area contributed by atoms with Crippen molar-refractivity contribution in [1.82, 2.24) is 10.6 Å². The summed E-state index contributed by atoms with van der Waals surface area (Å²) in [6.07, 6.45) is 0.966. The van der Waals surface area contributed by atoms with Gasteiger partial charge in [0, 0.05) is 13.1 Å². The van der Waals surface area contributed by atoms with Crippen molar-refractivity contribution >= 4 is 11.9 Å². The number of nitrogens with two attached hydrogens (primary N) is 1. The molecule has 74 valence electrons. The lowest BCUT2D eigenvalue weighted by Crippen LogP contribution is -2.45. The van der Waals surface area contributed by atoms with Gasteiger partial charge < -0.3 is 11.1 Å². The Balaban J connectivity index is 2.80. The molecule has 0 saturated heterocycles. The Morgan fingerprint density at radius 3 is 2.85 bits per heavy atom. The average molecular weight is 183 g/mol. The molecule has 5 heteroatoms. The van der Waals surface area contributed by atoms with Crippen molar-refractivity contribution in [3.63, 3.8) is 0 Å². The summed E-state index contributed by atoms with van der Waals surface area (Å²) in [6, 6.07) is 0.476. The molecule has 0 bridgehead atoms. The number of hydrogen-bond donors (Lipinski definition) is 3. The molecule has 2 atom stereocenters. The van der Waals surface area contributed by atoms with Crippen LogP contribution in [0.2, 0.25) is 0 Å². The van der Waals surface area contributed by atoms with E-state index in [-0.39, 0.29) is 12.1 Å². The van der Waals surface area contributed by atoms with Gasteiger partial charge in [-0.15, -0.1) is 0 Å². The predicted molar refractivity (Wildman–Crippen MR) is 54.8 cm³/mol. The minimum atomic E-state index is 0.215. The molecule has 4 N–H and O–H groups in total. The first-order chi connectivity index (χ1) is 6.17. The van der Waals surface area contributed by atoms with E-state index in [1.54, 1.807) is 7.05 Å². The van der Waals surface area contributed by atoms with E-state index in [0.29, 0.717) is 11.9 Å². The SMILES string of the molecule is CCC1N=C(N)NC(=NC)NC1C. The van der Waals surface area contributed by atoms with E-state index in [1.807, 2.05) is 0 Å². The monoisotopic (exact) mass is 183 g/mol. The lowest BCUT2D eigenvalue weighted by molar-refractivity contribution is 0.512. The summed E-state index contributed by atoms with van der Waals surface area (Å²) in [5, 5.41) is 6.09. The Morgan fingerprint density at radius 1 is 1.62 bits per heavy atom. The van der Waals surface area contributed by atoms with E-state index in [1.165, 1.54) is 0 Å². The van der Waals surface area contributed by atoms with Crippen LogP contribution in [0, 0.1) is 0 Å². The fourth-order valence-electron chi connectivity index (χ4n) is 1.36. The highest BCUT2D eigenvalue weighted by molar-refractivity contribution is 5.98. The second kappa shape index (κ2) is 4.11. The maximum Gasteiger partial charge on any atom is 0.198 e. The number of rotatable bonds is 1. The van der Waals surface area contributed by atoms with Crippen molar-refractivity contribution < 1.29 is 0 Å². The third kappa shape index (κ3) is 2.34. The summed E-state index contributed by atoms with van der Waals surface area (Å²) >= 11 is 0. The Labute approximate surface area is 78.5 Å². The second-order valence-electron chi connectivity index (χ2n) is 3.12. The number of nitrogens with one attached hydrogen (secondary N) is 2. The maximum atomic E-state index is 5.65. The first-order valence-corrected chi connectivity index (χ1v) is 4.51. The Hall–Kier alpha value is -1.26. The number of guanidine groups is 2. The van der Waals surface area contributed by atoms with Crippen molar-refractivity contribution in [3.8, 4) is 0 Å². The molecule has 1 aliphatic rings. The molecule has 1 aliphatic heterocycles. The second-order valence-corrected chi connectivity index (χ2v) is 3.12. The highest BCUT2D eigenvalue weighted by atomic mass is 15.3. The average Bonchev–Trinajstić information content (AvgIpc) is 2.25. The Bertz CT molecular complexity index is 233. The molecule has 0 aliphatic carbocycles. The number of nitrogens with zero attached hydrogens (tertiary/aromatic N) is 2. The first kappa shape index (κ1) is 9.83. The lowest BCUT2D eigenvalue weighted by Gasteiger charge is -2.17. The normalized spacial score (nSPS) is 31.6. The molecule has 1 heterocycles. The molecular weight excluding hydrogens is 166 g/mol. The largest absolute Gasteiger partial charge is 0.370 e. The minimum absolute atomic E-state index is 0.215. The summed E-state index contributed by atoms with van der Waals surface area (Å²) in [6.45, 7) is 4.16. The summed E-state index contributed by atoms with van der Waals surface area (Å²) in [4.78, 5) is 8.32. The molecule has 0 spiro atoms. The van der Waals surface area contributed by atoms with Crippen LogP contribution < -0.4 is 16.4 Å². The third-order valence-corrected chi connectivity index (χ3v) is 2.13. The van der Waals surface area contributed by atoms with Gasteiger partial charge in [0.1, 0.15) is 0 Å². The molecule has 2 unspecified atom stereocenters. The van der Waals surface area contributed by atoms with Crippen LogP contribution in [-0.2, 0) is 0 Å². The topological polar surface area (TPSA) is 74.8 Å². The molecule has 0 fully saturated rings. The zero-order valence-corrected chi connectivity index (χ0v) is 8.33. The summed E-state index contributed by atoms with van der Waals surface area (Å²) < 4.78 is 0. The molecule has 0 amide bonds. The van der Waals surface area contributed by atoms with E-state index < -0.39 is 0 Å². The summed E-state index contributed by atoms with van der Waals surface area (Å²) in [7, 11) is 1.71. The van der Waals surface area contributed by atoms with E-state index in [4.69, 9.17) is 5.73 Å². The fourth-order valence-corrected chi connectivity index (χ4v) is 1.36. The lowest BCUT2D eigenvalue weighted by atomic mass is 10.1. The van der Waals surface area contributed by atoms with Crippen LogP contribution >= 0.6 is 0 Å². The summed E-state index contributed by atoms with van der Waals surface area (Å²) in [5.41, 5.74) is 5.65. The van der Waals surface area contributed by atoms with Gasteiger partial charge in [0.2, 0.25) is 0 Å². The Kier molecular flexibility index (Phi) is 3.11. The fraction of sp³-hybridized carbons (Fsp3) is 0.750. The van der Waals surface area contributed by atoms with Gasteiger partial charge in [0.25, 0.3) is 0 Å². The van der Waals surface area contributed by atoms with Gasteiger partial charge in [-0.1, -0.05) is 6.92 Å². The highest BCUT2D eigenvalue weighted by Crippen LogP contribution is 2.05. The van der Waals surface area contributed by atoms with Gasteiger partial charge in [-0.3, -0.25) is 10.3 Å². The molecular formula is C8H17N5. The molecule has 13 heavy (non-hydrogen) atoms. The Morgan fingerprint density at radius 2 is 2.31 bits per heavy atom. The van der Waals surface area contributed by atoms with Crippen molar-refractivity contribution in [1.29, 1.82) is 0 Å². The van der Waals surface area contributed by atoms with Crippen LogP contribution in [0.1, 0.15) is 20.3 Å². The van der Waals surface area contributed by atoms with Gasteiger partial charge >= 0.3 is 0 Å². The van der Waals surface area contributed by atoms with Crippen molar-refractivity contribution in [2.45, 2.75) is 32.4 Å². The van der Waals surface area contributed by atoms with Gasteiger partial charge in [0.15, 0.2) is 11.9 Å². The van der Waals surface area contributed by atoms with Crippen LogP contribution in [0.3, 0.4) is 0 Å². The van der Waals surface area contributed by atoms with Crippen LogP contribution in [0.5, 0.6) is 0 Å². The van der Waals surface area contributed by atoms with Crippen molar-refractivity contribution in [3.05, 3.63) is 0 Å². The molecule has 0 radical (unpaired) electrons. The quantitative estimate of drug-likeness (QED) is 0.520. The van der Waals surface area contributed by atoms with E-state index in [9.17, 15) is 0 Å². The first-order valence-electron chi connectivity index (χ1n) is 4.51. The zero-order valence-electron chi connectivity index (χ0n) is 8.33. The van der Waals surface area contributed by atoms with Gasteiger partial charge in [0.05, 0.1) is 6.04 Å². The highest BCUT2D eigenvalue weighted by Gasteiger charge is 2.19. The van der Waals surface area contributed by atoms with Gasteiger partial charge in [-0.25, -0.2) is 4.99 Å². The number of aliphatic imine (C=N–C) groups is 2. The smallest absolute Gasteiger partial charge is 0.198 e. The van der Waals surface area contributed by atoms with Gasteiger partial charge in [-0.2, -0.15) is 0 Å². The van der Waals surface area contributed by atoms with E-state index >= 15 is 0 Å². The van der Waals surface area contributed by atoms with E-state index in [2.05, 4.69) is 34.5 Å². The van der Waals surface area contributed by atoms with E-state index in [0.717, 1.165) is 6.42 Å². The van der Waals surface area contributed by atoms with Crippen molar-refractivity contribution in [2.75, 3.05) is 7.05 Å². The van der Waals surface area contributed by atoms with Crippen molar-refractivity contribution in [2.24, 2.45) is 15.7 Å². The van der Waals surface area contributed by atoms with Crippen LogP contribution in [0.25, 0.3) is 0 Å². The van der Waals surface area contributed by atoms with Crippen LogP contribution in [0.4, 0.5) is 0 Å². The number of hydrogen-bond acceptors (Lipinski definition) is 3. The standard InChI is InChI=1S/C8H17N5/c1-4-6-5(2)11-8(10-3)13-7(9)12-6/h5-6H,4H2,1-3H3,(H4,9,10,11,12,13). The maximum absolute atomic E-state index is 5.65. The molecule has 0 aromatic carbocycles. The molecule has 5 nitrogen and oxygen atoms in total. The minimum Gasteiger partial charge on any atom is -0.370 e. The van der Waals surface area contributed by atoms with Crippen LogP contribution in [0.15, 0.2) is 9.98 Å². The van der Waals surface area contributed by atoms with Gasteiger partial charge in [-0.05, 0) is 13.3 Å². The third-order valence-electron chi connectivity index (χ3n) is 2.13. The summed E-state index contributed by atoms with van der Waals surface area (Å²) in [5.74, 6) is 1.12. The van der Waals surface area contributed by atoms with Crippen LogP contribution in [-0.4, -0.2) is 31.1 Å². The molecule has 0 aromatic rings. The molecule has 0 aromatic heterocycles. The molecule has 0 saturated carbocycles.